The van der Waals surface area contributed by atoms with E-state index in [1.807, 2.05) is 67.6 Å². The number of nitrogens with one attached hydrogen (secondary N) is 3. The summed E-state index contributed by atoms with van der Waals surface area (Å²) in [4.78, 5) is 11.9. The summed E-state index contributed by atoms with van der Waals surface area (Å²) in [5, 5.41) is 19.3. The van der Waals surface area contributed by atoms with Crippen molar-refractivity contribution in [2.75, 3.05) is 6.61 Å². The first-order chi connectivity index (χ1) is 13.1. The second-order valence-electron chi connectivity index (χ2n) is 6.00. The number of ether oxygens (including phenoxy) is 1. The Hall–Kier alpha value is -2.83. The molecule has 0 aromatic heterocycles. The van der Waals surface area contributed by atoms with Gasteiger partial charge in [-0.05, 0) is 25.0 Å². The van der Waals surface area contributed by atoms with Crippen LogP contribution in [0.15, 0.2) is 72.6 Å². The van der Waals surface area contributed by atoms with Crippen molar-refractivity contribution in [3.05, 3.63) is 83.7 Å². The molecule has 1 unspecified atom stereocenters. The summed E-state index contributed by atoms with van der Waals surface area (Å²) in [5.41, 5.74) is 2.10. The fourth-order valence-corrected chi connectivity index (χ4v) is 2.49. The molecule has 2 rings (SSSR count). The van der Waals surface area contributed by atoms with Gasteiger partial charge in [0.15, 0.2) is 6.35 Å². The molecule has 0 saturated carbocycles. The zero-order valence-electron chi connectivity index (χ0n) is 15.7. The van der Waals surface area contributed by atoms with Crippen molar-refractivity contribution in [2.24, 2.45) is 0 Å². The Bertz CT molecular complexity index is 720. The first-order valence-corrected chi connectivity index (χ1v) is 9.00. The first kappa shape index (κ1) is 20.5. The lowest BCUT2D eigenvalue weighted by Crippen LogP contribution is -2.45. The van der Waals surface area contributed by atoms with Crippen molar-refractivity contribution in [3.8, 4) is 0 Å². The van der Waals surface area contributed by atoms with Crippen molar-refractivity contribution in [1.82, 2.24) is 16.0 Å². The van der Waals surface area contributed by atoms with Crippen LogP contribution in [0, 0.1) is 0 Å². The number of hydrogen-bond acceptors (Lipinski definition) is 6. The maximum Gasteiger partial charge on any atom is 0.334 e. The average Bonchev–Trinajstić information content (AvgIpc) is 2.68. The van der Waals surface area contributed by atoms with E-state index in [1.165, 1.54) is 6.08 Å². The summed E-state index contributed by atoms with van der Waals surface area (Å²) in [6.45, 7) is 4.48. The molecule has 0 aliphatic heterocycles. The molecule has 0 amide bonds. The molecule has 0 saturated heterocycles. The summed E-state index contributed by atoms with van der Waals surface area (Å²) in [7, 11) is 0. The lowest BCUT2D eigenvalue weighted by atomic mass is 10.1. The molecule has 6 nitrogen and oxygen atoms in total. The fraction of sp³-hybridized carbons (Fsp3) is 0.286. The minimum Gasteiger partial charge on any atom is -0.463 e. The molecule has 4 N–H and O–H groups in total. The topological polar surface area (TPSA) is 82.6 Å². The quantitative estimate of drug-likeness (QED) is 0.292. The predicted molar refractivity (Wildman–Crippen MR) is 105 cm³/mol. The van der Waals surface area contributed by atoms with Crippen LogP contribution < -0.4 is 16.0 Å². The molecule has 6 heteroatoms. The molecule has 2 aromatic carbocycles. The maximum atomic E-state index is 11.9. The molecule has 2 atom stereocenters. The van der Waals surface area contributed by atoms with Gasteiger partial charge in [0.05, 0.1) is 12.7 Å². The summed E-state index contributed by atoms with van der Waals surface area (Å²) in [5.74, 6) is -0.110. The van der Waals surface area contributed by atoms with Crippen molar-refractivity contribution in [1.29, 1.82) is 0 Å². The largest absolute Gasteiger partial charge is 0.463 e. The highest BCUT2D eigenvalue weighted by Gasteiger charge is 2.12. The summed E-state index contributed by atoms with van der Waals surface area (Å²) in [6.07, 6.45) is 0.262. The minimum atomic E-state index is -1.04. The Kier molecular flexibility index (Phi) is 8.35. The minimum absolute atomic E-state index is 0.0688. The molecule has 0 fully saturated rings. The van der Waals surface area contributed by atoms with E-state index in [-0.39, 0.29) is 12.6 Å². The van der Waals surface area contributed by atoms with Crippen LogP contribution in [0.1, 0.15) is 31.0 Å². The molecular formula is C21H27N3O3. The molecule has 0 heterocycles. The lowest BCUT2D eigenvalue weighted by Gasteiger charge is -2.23. The van der Waals surface area contributed by atoms with Gasteiger partial charge in [-0.2, -0.15) is 0 Å². The standard InChI is InChI=1S/C21H27N3O3/c1-3-27-20(25)14-19(23-16(2)18-12-8-5-9-13-18)24-21(26)22-15-17-10-6-4-7-11-17/h4-14,16,21-24,26H,3,15H2,1-2H3/b19-14-/t16-,21?/m0/s1. The van der Waals surface area contributed by atoms with Gasteiger partial charge in [0.25, 0.3) is 0 Å². The molecule has 0 spiro atoms. The highest BCUT2D eigenvalue weighted by Crippen LogP contribution is 2.12. The van der Waals surface area contributed by atoms with Gasteiger partial charge in [0.1, 0.15) is 5.82 Å². The van der Waals surface area contributed by atoms with Gasteiger partial charge < -0.3 is 20.5 Å². The Morgan fingerprint density at radius 3 is 2.33 bits per heavy atom. The van der Waals surface area contributed by atoms with Gasteiger partial charge >= 0.3 is 5.97 Å². The third-order valence-corrected chi connectivity index (χ3v) is 3.85. The zero-order valence-corrected chi connectivity index (χ0v) is 15.7. The number of rotatable bonds is 10. The van der Waals surface area contributed by atoms with Crippen molar-refractivity contribution in [3.63, 3.8) is 0 Å². The number of carbonyl (C=O) groups is 1. The summed E-state index contributed by atoms with van der Waals surface area (Å²) >= 11 is 0. The fourth-order valence-electron chi connectivity index (χ4n) is 2.49. The van der Waals surface area contributed by atoms with E-state index in [9.17, 15) is 9.90 Å². The van der Waals surface area contributed by atoms with E-state index in [1.54, 1.807) is 6.92 Å². The normalized spacial score (nSPS) is 13.5. The van der Waals surface area contributed by atoms with Gasteiger partial charge in [-0.15, -0.1) is 0 Å². The molecule has 0 bridgehead atoms. The van der Waals surface area contributed by atoms with E-state index in [4.69, 9.17) is 4.74 Å². The van der Waals surface area contributed by atoms with Crippen LogP contribution in [0.2, 0.25) is 0 Å². The Morgan fingerprint density at radius 1 is 1.07 bits per heavy atom. The van der Waals surface area contributed by atoms with E-state index in [2.05, 4.69) is 16.0 Å². The first-order valence-electron chi connectivity index (χ1n) is 9.00. The van der Waals surface area contributed by atoms with Crippen LogP contribution in [-0.4, -0.2) is 24.0 Å². The molecule has 0 aliphatic carbocycles. The van der Waals surface area contributed by atoms with Crippen LogP contribution in [0.5, 0.6) is 0 Å². The van der Waals surface area contributed by atoms with Gasteiger partial charge in [0, 0.05) is 12.6 Å². The average molecular weight is 369 g/mol. The van der Waals surface area contributed by atoms with Crippen molar-refractivity contribution < 1.29 is 14.6 Å². The highest BCUT2D eigenvalue weighted by molar-refractivity contribution is 5.82. The third-order valence-electron chi connectivity index (χ3n) is 3.85. The van der Waals surface area contributed by atoms with Gasteiger partial charge in [0.2, 0.25) is 0 Å². The zero-order chi connectivity index (χ0) is 19.5. The lowest BCUT2D eigenvalue weighted by molar-refractivity contribution is -0.137. The summed E-state index contributed by atoms with van der Waals surface area (Å²) < 4.78 is 4.97. The number of carbonyl (C=O) groups excluding carboxylic acids is 1. The molecule has 2 aromatic rings. The monoisotopic (exact) mass is 369 g/mol. The van der Waals surface area contributed by atoms with Crippen molar-refractivity contribution in [2.45, 2.75) is 32.8 Å². The highest BCUT2D eigenvalue weighted by atomic mass is 16.5. The Balaban J connectivity index is 1.99. The molecular weight excluding hydrogens is 342 g/mol. The molecule has 27 heavy (non-hydrogen) atoms. The van der Waals surface area contributed by atoms with Crippen LogP contribution in [0.4, 0.5) is 0 Å². The predicted octanol–water partition coefficient (Wildman–Crippen LogP) is 2.40. The summed E-state index contributed by atoms with van der Waals surface area (Å²) in [6, 6.07) is 19.5. The van der Waals surface area contributed by atoms with Crippen LogP contribution in [0.25, 0.3) is 0 Å². The second-order valence-corrected chi connectivity index (χ2v) is 6.00. The smallest absolute Gasteiger partial charge is 0.334 e. The molecule has 0 aliphatic rings. The van der Waals surface area contributed by atoms with E-state index in [0.717, 1.165) is 11.1 Å². The number of benzene rings is 2. The van der Waals surface area contributed by atoms with Gasteiger partial charge in [-0.25, -0.2) is 4.79 Å². The van der Waals surface area contributed by atoms with E-state index < -0.39 is 12.3 Å². The van der Waals surface area contributed by atoms with E-state index in [0.29, 0.717) is 12.4 Å². The van der Waals surface area contributed by atoms with Crippen LogP contribution in [0.3, 0.4) is 0 Å². The number of esters is 1. The molecule has 0 radical (unpaired) electrons. The third kappa shape index (κ3) is 7.52. The Labute approximate surface area is 160 Å². The number of aliphatic hydroxyl groups excluding tert-OH is 1. The number of hydrogen-bond donors (Lipinski definition) is 4. The van der Waals surface area contributed by atoms with Gasteiger partial charge in [-0.3, -0.25) is 5.32 Å². The molecule has 144 valence electrons. The van der Waals surface area contributed by atoms with Crippen molar-refractivity contribution >= 4 is 5.97 Å². The second kappa shape index (κ2) is 11.0. The van der Waals surface area contributed by atoms with Crippen LogP contribution >= 0.6 is 0 Å². The van der Waals surface area contributed by atoms with Crippen LogP contribution in [-0.2, 0) is 16.1 Å². The number of aliphatic hydroxyl groups is 1. The SMILES string of the molecule is CCOC(=O)/C=C(\NC(O)NCc1ccccc1)N[C@@H](C)c1ccccc1. The van der Waals surface area contributed by atoms with E-state index >= 15 is 0 Å². The Morgan fingerprint density at radius 2 is 1.70 bits per heavy atom. The maximum absolute atomic E-state index is 11.9. The van der Waals surface area contributed by atoms with Gasteiger partial charge in [-0.1, -0.05) is 60.7 Å².